The zero-order valence-electron chi connectivity index (χ0n) is 11.3. The quantitative estimate of drug-likeness (QED) is 0.771. The third-order valence-electron chi connectivity index (χ3n) is 3.92. The highest BCUT2D eigenvalue weighted by molar-refractivity contribution is 4.81. The zero-order chi connectivity index (χ0) is 12.1. The molecule has 17 heavy (non-hydrogen) atoms. The van der Waals surface area contributed by atoms with Crippen molar-refractivity contribution in [3.63, 3.8) is 0 Å². The lowest BCUT2D eigenvalue weighted by Gasteiger charge is -2.38. The Morgan fingerprint density at radius 1 is 1.18 bits per heavy atom. The van der Waals surface area contributed by atoms with Gasteiger partial charge in [0.2, 0.25) is 0 Å². The first-order valence-corrected chi connectivity index (χ1v) is 7.03. The van der Waals surface area contributed by atoms with E-state index < -0.39 is 0 Å². The summed E-state index contributed by atoms with van der Waals surface area (Å²) in [6.45, 7) is 13.5. The van der Waals surface area contributed by atoms with Crippen molar-refractivity contribution in [1.29, 1.82) is 0 Å². The largest absolute Gasteiger partial charge is 0.379 e. The molecule has 4 heteroatoms. The number of hydrogen-bond acceptors (Lipinski definition) is 4. The molecule has 2 saturated heterocycles. The van der Waals surface area contributed by atoms with Crippen molar-refractivity contribution in [3.8, 4) is 0 Å². The van der Waals surface area contributed by atoms with E-state index in [4.69, 9.17) is 4.74 Å². The first-order chi connectivity index (χ1) is 8.25. The predicted octanol–water partition coefficient (Wildman–Crippen LogP) is 0.391. The summed E-state index contributed by atoms with van der Waals surface area (Å²) in [5.74, 6) is 0. The summed E-state index contributed by atoms with van der Waals surface area (Å²) >= 11 is 0. The van der Waals surface area contributed by atoms with Gasteiger partial charge in [0.15, 0.2) is 0 Å². The Kier molecular flexibility index (Phi) is 5.22. The van der Waals surface area contributed by atoms with Gasteiger partial charge in [-0.25, -0.2) is 0 Å². The molecule has 2 atom stereocenters. The second-order valence-corrected chi connectivity index (χ2v) is 5.46. The number of rotatable bonds is 4. The predicted molar refractivity (Wildman–Crippen MR) is 70.4 cm³/mol. The van der Waals surface area contributed by atoms with Crippen LogP contribution in [-0.2, 0) is 4.74 Å². The van der Waals surface area contributed by atoms with Crippen molar-refractivity contribution in [1.82, 2.24) is 15.1 Å². The van der Waals surface area contributed by atoms with Crippen LogP contribution in [0.1, 0.15) is 20.3 Å². The highest BCUT2D eigenvalue weighted by Gasteiger charge is 2.21. The normalized spacial score (nSPS) is 32.8. The van der Waals surface area contributed by atoms with Gasteiger partial charge < -0.3 is 10.1 Å². The van der Waals surface area contributed by atoms with Crippen LogP contribution >= 0.6 is 0 Å². The van der Waals surface area contributed by atoms with Crippen molar-refractivity contribution in [2.45, 2.75) is 32.4 Å². The highest BCUT2D eigenvalue weighted by Crippen LogP contribution is 2.08. The van der Waals surface area contributed by atoms with Crippen molar-refractivity contribution < 1.29 is 4.74 Å². The van der Waals surface area contributed by atoms with E-state index in [1.807, 2.05) is 0 Å². The molecule has 2 aliphatic rings. The Hall–Kier alpha value is -0.160. The smallest absolute Gasteiger partial charge is 0.0594 e. The van der Waals surface area contributed by atoms with E-state index in [9.17, 15) is 0 Å². The minimum absolute atomic E-state index is 0.648. The number of ether oxygens (including phenoxy) is 1. The van der Waals surface area contributed by atoms with Crippen molar-refractivity contribution >= 4 is 0 Å². The molecule has 2 heterocycles. The summed E-state index contributed by atoms with van der Waals surface area (Å²) in [6, 6.07) is 1.34. The van der Waals surface area contributed by atoms with Crippen LogP contribution in [0.3, 0.4) is 0 Å². The van der Waals surface area contributed by atoms with Crippen LogP contribution in [0.2, 0.25) is 0 Å². The third-order valence-corrected chi connectivity index (χ3v) is 3.92. The highest BCUT2D eigenvalue weighted by atomic mass is 16.5. The van der Waals surface area contributed by atoms with Crippen LogP contribution in [0.15, 0.2) is 0 Å². The summed E-state index contributed by atoms with van der Waals surface area (Å²) < 4.78 is 5.37. The molecule has 1 N–H and O–H groups in total. The Morgan fingerprint density at radius 3 is 2.71 bits per heavy atom. The van der Waals surface area contributed by atoms with Gasteiger partial charge in [0, 0.05) is 38.3 Å². The molecule has 0 aromatic heterocycles. The second kappa shape index (κ2) is 6.69. The van der Waals surface area contributed by atoms with Crippen LogP contribution in [-0.4, -0.2) is 74.4 Å². The third kappa shape index (κ3) is 4.21. The molecule has 2 unspecified atom stereocenters. The number of nitrogens with one attached hydrogen (secondary N) is 1. The molecule has 2 aliphatic heterocycles. The lowest BCUT2D eigenvalue weighted by Crippen LogP contribution is -2.54. The fourth-order valence-electron chi connectivity index (χ4n) is 2.73. The van der Waals surface area contributed by atoms with Crippen LogP contribution in [0, 0.1) is 0 Å². The summed E-state index contributed by atoms with van der Waals surface area (Å²) in [5, 5.41) is 3.53. The Bertz CT molecular complexity index is 219. The van der Waals surface area contributed by atoms with Crippen molar-refractivity contribution in [2.75, 3.05) is 52.5 Å². The maximum atomic E-state index is 5.37. The van der Waals surface area contributed by atoms with E-state index in [0.29, 0.717) is 12.1 Å². The van der Waals surface area contributed by atoms with E-state index in [1.165, 1.54) is 26.1 Å². The monoisotopic (exact) mass is 241 g/mol. The van der Waals surface area contributed by atoms with Gasteiger partial charge in [0.1, 0.15) is 0 Å². The summed E-state index contributed by atoms with van der Waals surface area (Å²) in [6.07, 6.45) is 1.29. The minimum atomic E-state index is 0.648. The number of piperazine rings is 1. The maximum Gasteiger partial charge on any atom is 0.0594 e. The van der Waals surface area contributed by atoms with Gasteiger partial charge >= 0.3 is 0 Å². The fourth-order valence-corrected chi connectivity index (χ4v) is 2.73. The molecule has 0 radical (unpaired) electrons. The molecule has 0 aromatic rings. The SMILES string of the molecule is CC1CN(CCCN2CCOCC2)C(C)CN1. The molecule has 2 rings (SSSR count). The van der Waals surface area contributed by atoms with E-state index in [0.717, 1.165) is 32.8 Å². The van der Waals surface area contributed by atoms with Gasteiger partial charge in [-0.1, -0.05) is 0 Å². The Labute approximate surface area is 105 Å². The topological polar surface area (TPSA) is 27.7 Å². The van der Waals surface area contributed by atoms with Crippen LogP contribution in [0.25, 0.3) is 0 Å². The minimum Gasteiger partial charge on any atom is -0.379 e. The van der Waals surface area contributed by atoms with Gasteiger partial charge in [-0.15, -0.1) is 0 Å². The first-order valence-electron chi connectivity index (χ1n) is 7.03. The van der Waals surface area contributed by atoms with E-state index in [-0.39, 0.29) is 0 Å². The molecular formula is C13H27N3O. The molecule has 0 bridgehead atoms. The standard InChI is InChI=1S/C13H27N3O/c1-12-11-16(13(2)10-14-12)5-3-4-15-6-8-17-9-7-15/h12-14H,3-11H2,1-2H3. The van der Waals surface area contributed by atoms with Gasteiger partial charge in [-0.3, -0.25) is 9.80 Å². The molecule has 4 nitrogen and oxygen atoms in total. The number of nitrogens with zero attached hydrogens (tertiary/aromatic N) is 2. The average molecular weight is 241 g/mol. The molecular weight excluding hydrogens is 214 g/mol. The Balaban J connectivity index is 1.63. The van der Waals surface area contributed by atoms with Gasteiger partial charge in [-0.2, -0.15) is 0 Å². The Morgan fingerprint density at radius 2 is 1.94 bits per heavy atom. The number of morpholine rings is 1. The van der Waals surface area contributed by atoms with E-state index >= 15 is 0 Å². The van der Waals surface area contributed by atoms with Crippen LogP contribution < -0.4 is 5.32 Å². The maximum absolute atomic E-state index is 5.37. The van der Waals surface area contributed by atoms with Crippen LogP contribution in [0.5, 0.6) is 0 Å². The van der Waals surface area contributed by atoms with E-state index in [2.05, 4.69) is 29.0 Å². The number of hydrogen-bond donors (Lipinski definition) is 1. The van der Waals surface area contributed by atoms with Gasteiger partial charge in [-0.05, 0) is 33.4 Å². The molecule has 0 spiro atoms. The molecule has 0 aromatic carbocycles. The molecule has 0 saturated carbocycles. The molecule has 2 fully saturated rings. The van der Waals surface area contributed by atoms with E-state index in [1.54, 1.807) is 0 Å². The molecule has 0 aliphatic carbocycles. The van der Waals surface area contributed by atoms with Crippen molar-refractivity contribution in [2.24, 2.45) is 0 Å². The lowest BCUT2D eigenvalue weighted by molar-refractivity contribution is 0.0347. The van der Waals surface area contributed by atoms with Crippen LogP contribution in [0.4, 0.5) is 0 Å². The van der Waals surface area contributed by atoms with Gasteiger partial charge in [0.05, 0.1) is 13.2 Å². The zero-order valence-corrected chi connectivity index (χ0v) is 11.3. The van der Waals surface area contributed by atoms with Crippen molar-refractivity contribution in [3.05, 3.63) is 0 Å². The first kappa shape index (κ1) is 13.3. The van der Waals surface area contributed by atoms with Gasteiger partial charge in [0.25, 0.3) is 0 Å². The molecule has 100 valence electrons. The second-order valence-electron chi connectivity index (χ2n) is 5.46. The lowest BCUT2D eigenvalue weighted by atomic mass is 10.1. The summed E-state index contributed by atoms with van der Waals surface area (Å²) in [4.78, 5) is 5.15. The summed E-state index contributed by atoms with van der Waals surface area (Å²) in [7, 11) is 0. The average Bonchev–Trinajstić information content (AvgIpc) is 2.35. The summed E-state index contributed by atoms with van der Waals surface area (Å²) in [5.41, 5.74) is 0. The fraction of sp³-hybridized carbons (Fsp3) is 1.00. The molecule has 0 amide bonds.